The molecule has 0 radical (unpaired) electrons. The molecule has 3 heterocycles. The van der Waals surface area contributed by atoms with E-state index in [2.05, 4.69) is 26.2 Å². The number of carbonyl (C=O) groups is 1. The molecule has 0 bridgehead atoms. The Morgan fingerprint density at radius 3 is 2.49 bits per heavy atom. The second-order valence-electron chi connectivity index (χ2n) is 10.0. The fourth-order valence-electron chi connectivity index (χ4n) is 4.94. The lowest BCUT2D eigenvalue weighted by atomic mass is 10.0. The molecule has 5 aromatic rings. The van der Waals surface area contributed by atoms with Gasteiger partial charge in [-0.05, 0) is 48.0 Å². The van der Waals surface area contributed by atoms with Gasteiger partial charge in [-0.2, -0.15) is 13.2 Å². The van der Waals surface area contributed by atoms with Gasteiger partial charge in [-0.1, -0.05) is 53.5 Å². The molecule has 6 rings (SSSR count). The Morgan fingerprint density at radius 2 is 1.78 bits per heavy atom. The minimum Gasteiger partial charge on any atom is -0.324 e. The average Bonchev–Trinajstić information content (AvgIpc) is 3.45. The molecule has 0 spiro atoms. The number of fused-ring (bicyclic) bond motifs is 1. The molecule has 3 N–H and O–H groups in total. The van der Waals surface area contributed by atoms with Gasteiger partial charge in [-0.3, -0.25) is 29.6 Å². The summed E-state index contributed by atoms with van der Waals surface area (Å²) in [6.45, 7) is 0. The fraction of sp³-hybridized carbons (Fsp3) is 0.0968. The first kappa shape index (κ1) is 30.1. The Labute approximate surface area is 263 Å². The molecule has 1 aliphatic heterocycles. The summed E-state index contributed by atoms with van der Waals surface area (Å²) in [6, 6.07) is 18.7. The molecule has 1 amide bonds. The number of hydrazine groups is 2. The zero-order valence-electron chi connectivity index (χ0n) is 23.0. The van der Waals surface area contributed by atoms with E-state index >= 15 is 0 Å². The van der Waals surface area contributed by atoms with Crippen LogP contribution in [0.15, 0.2) is 108 Å². The van der Waals surface area contributed by atoms with Gasteiger partial charge in [0.25, 0.3) is 5.56 Å². The highest BCUT2D eigenvalue weighted by Gasteiger charge is 2.31. The van der Waals surface area contributed by atoms with Gasteiger partial charge >= 0.3 is 6.18 Å². The maximum Gasteiger partial charge on any atom is 0.416 e. The van der Waals surface area contributed by atoms with Crippen LogP contribution in [0.2, 0.25) is 5.02 Å². The van der Waals surface area contributed by atoms with E-state index in [-0.39, 0.29) is 28.7 Å². The molecule has 0 saturated carbocycles. The number of carbonyl (C=O) groups excluding carboxylic acids is 1. The van der Waals surface area contributed by atoms with Crippen LogP contribution in [0.5, 0.6) is 0 Å². The molecule has 3 aromatic carbocycles. The maximum atomic E-state index is 13.9. The predicted octanol–water partition coefficient (Wildman–Crippen LogP) is 6.42. The second-order valence-corrected chi connectivity index (χ2v) is 10.9. The van der Waals surface area contributed by atoms with Crippen molar-refractivity contribution in [2.75, 3.05) is 10.3 Å². The average molecular weight is 652 g/mol. The van der Waals surface area contributed by atoms with Crippen LogP contribution in [0.1, 0.15) is 17.2 Å². The van der Waals surface area contributed by atoms with Gasteiger partial charge in [0, 0.05) is 34.7 Å². The van der Waals surface area contributed by atoms with E-state index in [1.807, 2.05) is 6.07 Å². The van der Waals surface area contributed by atoms with Crippen LogP contribution in [0, 0.1) is 0 Å². The Hall–Kier alpha value is -4.91. The van der Waals surface area contributed by atoms with Crippen LogP contribution in [-0.2, 0) is 17.4 Å². The van der Waals surface area contributed by atoms with Crippen LogP contribution in [0.3, 0.4) is 0 Å². The van der Waals surface area contributed by atoms with Crippen LogP contribution < -0.4 is 26.8 Å². The molecule has 228 valence electrons. The Balaban J connectivity index is 1.38. The lowest BCUT2D eigenvalue weighted by molar-refractivity contribution is -0.137. The standard InChI is InChI=1S/C31H22Cl2F3N7O2/c32-20-7-9-26(43-16-28(33)40-41-43)22(14-20)25-15-29(44)42(17-38-25)27(12-18-4-2-1-3-5-18)30(45)39-24-10-11-37-23-8-6-19(13-21(23)24)31(34,35)36/h1-11,13-17,27,40-41H,12H2,(H,37,39,45)/t27-/m0/s1. The van der Waals surface area contributed by atoms with E-state index in [1.54, 1.807) is 53.7 Å². The van der Waals surface area contributed by atoms with Crippen molar-refractivity contribution in [2.45, 2.75) is 18.6 Å². The summed E-state index contributed by atoms with van der Waals surface area (Å²) >= 11 is 12.3. The van der Waals surface area contributed by atoms with Crippen molar-refractivity contribution in [1.82, 2.24) is 25.5 Å². The van der Waals surface area contributed by atoms with Gasteiger partial charge in [0.1, 0.15) is 11.2 Å². The normalized spacial score (nSPS) is 13.8. The minimum atomic E-state index is -4.59. The number of hydrogen-bond donors (Lipinski definition) is 3. The van der Waals surface area contributed by atoms with Crippen molar-refractivity contribution in [3.63, 3.8) is 0 Å². The summed E-state index contributed by atoms with van der Waals surface area (Å²) < 4.78 is 41.6. The van der Waals surface area contributed by atoms with Crippen LogP contribution in [0.25, 0.3) is 22.2 Å². The smallest absolute Gasteiger partial charge is 0.324 e. The maximum absolute atomic E-state index is 13.9. The third-order valence-electron chi connectivity index (χ3n) is 7.11. The largest absolute Gasteiger partial charge is 0.416 e. The Morgan fingerprint density at radius 1 is 0.978 bits per heavy atom. The number of halogens is 5. The Bertz CT molecular complexity index is 2000. The first-order chi connectivity index (χ1) is 21.6. The van der Waals surface area contributed by atoms with Crippen LogP contribution in [0.4, 0.5) is 24.5 Å². The number of alkyl halides is 3. The SMILES string of the molecule is O=C(Nc1ccnc2ccc(C(F)(F)F)cc12)[C@H](Cc1ccccc1)n1cnc(-c2cc(Cl)ccc2N2C=C(Cl)NN2)cc1=O. The van der Waals surface area contributed by atoms with Crippen LogP contribution in [-0.4, -0.2) is 20.4 Å². The summed E-state index contributed by atoms with van der Waals surface area (Å²) in [4.78, 5) is 36.1. The van der Waals surface area contributed by atoms with Gasteiger partial charge in [-0.25, -0.2) is 4.98 Å². The van der Waals surface area contributed by atoms with Crippen molar-refractivity contribution in [3.05, 3.63) is 129 Å². The summed E-state index contributed by atoms with van der Waals surface area (Å²) in [7, 11) is 0. The van der Waals surface area contributed by atoms with Crippen molar-refractivity contribution in [3.8, 4) is 11.3 Å². The highest BCUT2D eigenvalue weighted by Crippen LogP contribution is 2.34. The monoisotopic (exact) mass is 651 g/mol. The lowest BCUT2D eigenvalue weighted by Gasteiger charge is -2.21. The molecule has 1 atom stereocenters. The number of nitrogens with one attached hydrogen (secondary N) is 3. The van der Waals surface area contributed by atoms with Crippen molar-refractivity contribution in [1.29, 1.82) is 0 Å². The second kappa shape index (κ2) is 12.2. The Kier molecular flexibility index (Phi) is 8.19. The number of hydrogen-bond acceptors (Lipinski definition) is 7. The molecule has 0 unspecified atom stereocenters. The summed E-state index contributed by atoms with van der Waals surface area (Å²) in [5.41, 5.74) is 6.72. The molecular formula is C31H22Cl2F3N7O2. The molecule has 9 nitrogen and oxygen atoms in total. The molecule has 0 fully saturated rings. The summed E-state index contributed by atoms with van der Waals surface area (Å²) in [5.74, 6) is -0.629. The number of amides is 1. The van der Waals surface area contributed by atoms with Crippen molar-refractivity contribution < 1.29 is 18.0 Å². The number of nitrogens with zero attached hydrogens (tertiary/aromatic N) is 4. The summed E-state index contributed by atoms with van der Waals surface area (Å²) in [6.07, 6.45) is -0.250. The molecule has 14 heteroatoms. The molecule has 0 saturated heterocycles. The van der Waals surface area contributed by atoms with E-state index < -0.39 is 29.2 Å². The number of anilines is 2. The lowest BCUT2D eigenvalue weighted by Crippen LogP contribution is -2.36. The number of pyridine rings is 1. The fourth-order valence-corrected chi connectivity index (χ4v) is 5.25. The van der Waals surface area contributed by atoms with Crippen LogP contribution >= 0.6 is 23.2 Å². The minimum absolute atomic E-state index is 0.0967. The number of rotatable bonds is 7. The molecule has 1 aliphatic rings. The van der Waals surface area contributed by atoms with Crippen molar-refractivity contribution >= 4 is 51.4 Å². The van der Waals surface area contributed by atoms with E-state index in [1.165, 1.54) is 35.3 Å². The van der Waals surface area contributed by atoms with E-state index in [0.717, 1.165) is 17.7 Å². The van der Waals surface area contributed by atoms with Gasteiger partial charge in [-0.15, -0.1) is 5.53 Å². The van der Waals surface area contributed by atoms with Gasteiger partial charge < -0.3 is 5.32 Å². The molecular weight excluding hydrogens is 630 g/mol. The number of aromatic nitrogens is 3. The van der Waals surface area contributed by atoms with E-state index in [4.69, 9.17) is 23.2 Å². The molecule has 45 heavy (non-hydrogen) atoms. The predicted molar refractivity (Wildman–Crippen MR) is 166 cm³/mol. The van der Waals surface area contributed by atoms with Gasteiger partial charge in [0.15, 0.2) is 0 Å². The number of benzene rings is 3. The first-order valence-electron chi connectivity index (χ1n) is 13.4. The van der Waals surface area contributed by atoms with E-state index in [9.17, 15) is 22.8 Å². The highest BCUT2D eigenvalue weighted by molar-refractivity contribution is 6.31. The van der Waals surface area contributed by atoms with E-state index in [0.29, 0.717) is 21.4 Å². The summed E-state index contributed by atoms with van der Waals surface area (Å²) in [5, 5.41) is 5.16. The molecule has 0 aliphatic carbocycles. The zero-order valence-corrected chi connectivity index (χ0v) is 24.5. The van der Waals surface area contributed by atoms with Gasteiger partial charge in [0.05, 0.1) is 40.7 Å². The van der Waals surface area contributed by atoms with Gasteiger partial charge in [0.2, 0.25) is 5.91 Å². The first-order valence-corrected chi connectivity index (χ1v) is 14.2. The zero-order chi connectivity index (χ0) is 31.7. The highest BCUT2D eigenvalue weighted by atomic mass is 35.5. The third-order valence-corrected chi connectivity index (χ3v) is 7.53. The van der Waals surface area contributed by atoms with Crippen molar-refractivity contribution in [2.24, 2.45) is 0 Å². The third kappa shape index (κ3) is 6.48. The topological polar surface area (TPSA) is 104 Å². The quantitative estimate of drug-likeness (QED) is 0.175. The molecule has 2 aromatic heterocycles.